The minimum Gasteiger partial charge on any atom is -0.390 e. The van der Waals surface area contributed by atoms with E-state index >= 15 is 0 Å². The van der Waals surface area contributed by atoms with Gasteiger partial charge in [0.2, 0.25) is 0 Å². The predicted molar refractivity (Wildman–Crippen MR) is 138 cm³/mol. The summed E-state index contributed by atoms with van der Waals surface area (Å²) in [5.74, 6) is 0. The average Bonchev–Trinajstić information content (AvgIpc) is 3.32. The molecule has 182 valence electrons. The van der Waals surface area contributed by atoms with Crippen molar-refractivity contribution >= 4 is 11.4 Å². The van der Waals surface area contributed by atoms with Gasteiger partial charge >= 0.3 is 0 Å². The molecule has 0 bridgehead atoms. The van der Waals surface area contributed by atoms with Gasteiger partial charge in [-0.05, 0) is 63.7 Å². The Morgan fingerprint density at radius 3 is 2.09 bits per heavy atom. The van der Waals surface area contributed by atoms with Crippen LogP contribution in [0.25, 0.3) is 0 Å². The second-order valence-electron chi connectivity index (χ2n) is 10.8. The lowest BCUT2D eigenvalue weighted by Crippen LogP contribution is -2.48. The highest BCUT2D eigenvalue weighted by Crippen LogP contribution is 2.37. The van der Waals surface area contributed by atoms with Gasteiger partial charge in [0.15, 0.2) is 0 Å². The average molecular weight is 453 g/mol. The minimum atomic E-state index is -0.320. The zero-order chi connectivity index (χ0) is 22.5. The molecular weight excluding hydrogens is 408 g/mol. The number of likely N-dealkylation sites (tertiary alicyclic amines) is 2. The molecule has 1 aliphatic carbocycles. The topological polar surface area (TPSA) is 33.2 Å². The molecule has 3 heterocycles. The van der Waals surface area contributed by atoms with Crippen molar-refractivity contribution in [1.29, 1.82) is 0 Å². The molecule has 0 amide bonds. The van der Waals surface area contributed by atoms with E-state index in [2.05, 4.69) is 56.3 Å². The van der Waals surface area contributed by atoms with E-state index in [9.17, 15) is 5.11 Å². The number of nitrogens with zero attached hydrogens (tertiary/aromatic N) is 4. The van der Waals surface area contributed by atoms with Crippen LogP contribution in [-0.4, -0.2) is 72.4 Å². The Morgan fingerprint density at radius 2 is 1.36 bits per heavy atom. The fraction of sp³-hybridized carbons (Fsp3) is 0.714. The Labute approximate surface area is 201 Å². The molecule has 1 saturated carbocycles. The number of anilines is 2. The van der Waals surface area contributed by atoms with Crippen LogP contribution in [0.3, 0.4) is 0 Å². The normalized spacial score (nSPS) is 25.1. The van der Waals surface area contributed by atoms with Crippen LogP contribution in [0, 0.1) is 0 Å². The second kappa shape index (κ2) is 11.2. The first-order chi connectivity index (χ1) is 16.3. The maximum atomic E-state index is 10.8. The molecule has 1 unspecified atom stereocenters. The number of fused-ring (bicyclic) bond motifs is 1. The van der Waals surface area contributed by atoms with Crippen molar-refractivity contribution in [1.82, 2.24) is 9.80 Å². The molecule has 0 radical (unpaired) electrons. The number of aliphatic hydroxyl groups excluding tert-OH is 1. The summed E-state index contributed by atoms with van der Waals surface area (Å²) in [5, 5.41) is 10.8. The quantitative estimate of drug-likeness (QED) is 0.669. The second-order valence-corrected chi connectivity index (χ2v) is 10.8. The van der Waals surface area contributed by atoms with E-state index in [1.54, 1.807) is 0 Å². The Balaban J connectivity index is 1.20. The fourth-order valence-corrected chi connectivity index (χ4v) is 6.59. The molecular formula is C28H44N4O. The van der Waals surface area contributed by atoms with E-state index in [0.717, 1.165) is 25.7 Å². The van der Waals surface area contributed by atoms with Crippen molar-refractivity contribution in [2.24, 2.45) is 0 Å². The predicted octanol–water partition coefficient (Wildman–Crippen LogP) is 4.82. The molecule has 1 aromatic carbocycles. The van der Waals surface area contributed by atoms with Crippen molar-refractivity contribution < 1.29 is 5.11 Å². The number of hydrogen-bond donors (Lipinski definition) is 1. The lowest BCUT2D eigenvalue weighted by Gasteiger charge is -2.44. The van der Waals surface area contributed by atoms with E-state index in [1.165, 1.54) is 95.1 Å². The van der Waals surface area contributed by atoms with Crippen molar-refractivity contribution in [3.05, 3.63) is 36.7 Å². The van der Waals surface area contributed by atoms with Gasteiger partial charge in [-0.3, -0.25) is 0 Å². The molecule has 33 heavy (non-hydrogen) atoms. The van der Waals surface area contributed by atoms with Crippen LogP contribution in [0.4, 0.5) is 11.4 Å². The van der Waals surface area contributed by atoms with Gasteiger partial charge in [-0.2, -0.15) is 0 Å². The Hall–Kier alpha value is -1.56. The number of piperidine rings is 1. The number of β-amino-alcohol motifs (C(OH)–C–C–N with tert-alkyl or cyclic N) is 1. The molecule has 5 heteroatoms. The molecule has 3 fully saturated rings. The largest absolute Gasteiger partial charge is 0.390 e. The van der Waals surface area contributed by atoms with Gasteiger partial charge in [-0.15, -0.1) is 0 Å². The van der Waals surface area contributed by atoms with Crippen LogP contribution in [0.15, 0.2) is 36.7 Å². The molecule has 0 spiro atoms. The van der Waals surface area contributed by atoms with Crippen LogP contribution in [0.1, 0.15) is 70.6 Å². The number of benzene rings is 1. The maximum Gasteiger partial charge on any atom is 0.0845 e. The van der Waals surface area contributed by atoms with Crippen LogP contribution in [0.5, 0.6) is 0 Å². The van der Waals surface area contributed by atoms with E-state index in [0.29, 0.717) is 12.6 Å². The Kier molecular flexibility index (Phi) is 7.90. The molecule has 1 aromatic rings. The summed E-state index contributed by atoms with van der Waals surface area (Å²) < 4.78 is 0. The van der Waals surface area contributed by atoms with Crippen molar-refractivity contribution in [3.63, 3.8) is 0 Å². The van der Waals surface area contributed by atoms with Crippen LogP contribution < -0.4 is 9.80 Å². The lowest BCUT2D eigenvalue weighted by atomic mass is 9.93. The summed E-state index contributed by atoms with van der Waals surface area (Å²) in [6.45, 7) is 6.20. The number of rotatable bonds is 6. The molecule has 0 aromatic heterocycles. The highest BCUT2D eigenvalue weighted by molar-refractivity contribution is 5.76. The molecule has 1 atom stereocenters. The zero-order valence-electron chi connectivity index (χ0n) is 20.5. The summed E-state index contributed by atoms with van der Waals surface area (Å²) in [5.41, 5.74) is 2.54. The van der Waals surface area contributed by atoms with Crippen molar-refractivity contribution in [3.8, 4) is 0 Å². The van der Waals surface area contributed by atoms with Crippen LogP contribution >= 0.6 is 0 Å². The molecule has 5 rings (SSSR count). The summed E-state index contributed by atoms with van der Waals surface area (Å²) >= 11 is 0. The standard InChI is InChI=1S/C28H44N4O/c33-26(22-29-16-8-9-17-29)23-31-20-21-32(28-13-7-6-12-27(28)31)25-14-18-30(19-15-25)24-10-4-2-1-3-5-11-24/h6-7,12-13,20-21,24-26,33H,1-5,8-11,14-19,22-23H2. The molecule has 5 nitrogen and oxygen atoms in total. The van der Waals surface area contributed by atoms with Crippen LogP contribution in [-0.2, 0) is 0 Å². The maximum absolute atomic E-state index is 10.8. The summed E-state index contributed by atoms with van der Waals surface area (Å²) in [6.07, 6.45) is 19.2. The van der Waals surface area contributed by atoms with Gasteiger partial charge in [0.25, 0.3) is 0 Å². The summed E-state index contributed by atoms with van der Waals surface area (Å²) in [7, 11) is 0. The third-order valence-electron chi connectivity index (χ3n) is 8.44. The molecule has 3 aliphatic heterocycles. The van der Waals surface area contributed by atoms with Crippen molar-refractivity contribution in [2.45, 2.75) is 88.8 Å². The highest BCUT2D eigenvalue weighted by Gasteiger charge is 2.31. The van der Waals surface area contributed by atoms with Gasteiger partial charge in [0.1, 0.15) is 0 Å². The van der Waals surface area contributed by atoms with E-state index in [-0.39, 0.29) is 6.10 Å². The smallest absolute Gasteiger partial charge is 0.0845 e. The first-order valence-corrected chi connectivity index (χ1v) is 13.7. The minimum absolute atomic E-state index is 0.320. The number of hydrogen-bond acceptors (Lipinski definition) is 5. The van der Waals surface area contributed by atoms with Gasteiger partial charge in [0.05, 0.1) is 17.5 Å². The fourth-order valence-electron chi connectivity index (χ4n) is 6.59. The SMILES string of the molecule is OC(CN1CCCC1)CN1C=CN(C2CCN(C3CCCCCCC3)CC2)c2ccccc21. The third kappa shape index (κ3) is 5.75. The lowest BCUT2D eigenvalue weighted by molar-refractivity contribution is 0.129. The monoisotopic (exact) mass is 452 g/mol. The third-order valence-corrected chi connectivity index (χ3v) is 8.44. The van der Waals surface area contributed by atoms with Gasteiger partial charge in [-0.1, -0.05) is 44.2 Å². The Morgan fingerprint density at radius 1 is 0.697 bits per heavy atom. The highest BCUT2D eigenvalue weighted by atomic mass is 16.3. The zero-order valence-corrected chi connectivity index (χ0v) is 20.5. The molecule has 4 aliphatic rings. The van der Waals surface area contributed by atoms with Crippen LogP contribution in [0.2, 0.25) is 0 Å². The van der Waals surface area contributed by atoms with E-state index < -0.39 is 0 Å². The van der Waals surface area contributed by atoms with E-state index in [1.807, 2.05) is 0 Å². The van der Waals surface area contributed by atoms with Gasteiger partial charge < -0.3 is 24.7 Å². The van der Waals surface area contributed by atoms with Gasteiger partial charge in [-0.25, -0.2) is 0 Å². The summed E-state index contributed by atoms with van der Waals surface area (Å²) in [6, 6.07) is 10.2. The van der Waals surface area contributed by atoms with Crippen molar-refractivity contribution in [2.75, 3.05) is 49.1 Å². The molecule has 1 N–H and O–H groups in total. The first-order valence-electron chi connectivity index (χ1n) is 13.7. The van der Waals surface area contributed by atoms with Gasteiger partial charge in [0, 0.05) is 50.7 Å². The number of aliphatic hydroxyl groups is 1. The molecule has 2 saturated heterocycles. The summed E-state index contributed by atoms with van der Waals surface area (Å²) in [4.78, 5) is 9.99. The van der Waals surface area contributed by atoms with E-state index in [4.69, 9.17) is 0 Å². The first kappa shape index (κ1) is 23.2. The number of para-hydroxylation sites is 2. The Bertz CT molecular complexity index is 761.